The van der Waals surface area contributed by atoms with Gasteiger partial charge in [0.2, 0.25) is 11.9 Å². The van der Waals surface area contributed by atoms with Crippen molar-refractivity contribution in [2.45, 2.75) is 25.4 Å². The minimum Gasteiger partial charge on any atom is -0.392 e. The van der Waals surface area contributed by atoms with Crippen LogP contribution < -0.4 is 10.2 Å². The van der Waals surface area contributed by atoms with Crippen molar-refractivity contribution >= 4 is 17.9 Å². The Morgan fingerprint density at radius 3 is 2.88 bits per heavy atom. The average molecular weight is 333 g/mol. The molecule has 1 fully saturated rings. The summed E-state index contributed by atoms with van der Waals surface area (Å²) in [6, 6.07) is 0. The molecule has 1 atom stereocenters. The van der Waals surface area contributed by atoms with Crippen molar-refractivity contribution in [3.05, 3.63) is 24.0 Å². The van der Waals surface area contributed by atoms with Crippen LogP contribution in [0.4, 0.5) is 5.95 Å². The van der Waals surface area contributed by atoms with Gasteiger partial charge in [-0.3, -0.25) is 4.79 Å². The highest BCUT2D eigenvalue weighted by Crippen LogP contribution is 2.09. The van der Waals surface area contributed by atoms with Crippen LogP contribution in [0.1, 0.15) is 24.8 Å². The summed E-state index contributed by atoms with van der Waals surface area (Å²) in [6.45, 7) is 3.32. The van der Waals surface area contributed by atoms with E-state index in [0.29, 0.717) is 12.5 Å². The number of β-amino-alcohol motifs (C(OH)–C–C–N with tert-alkyl or cyclic N) is 1. The number of aliphatic hydroxyl groups excluding tert-OH is 1. The van der Waals surface area contributed by atoms with Gasteiger partial charge in [0.1, 0.15) is 0 Å². The quantitative estimate of drug-likeness (QED) is 0.559. The van der Waals surface area contributed by atoms with Gasteiger partial charge in [-0.15, -0.1) is 0 Å². The Balaban J connectivity index is 1.65. The van der Waals surface area contributed by atoms with Crippen LogP contribution in [-0.4, -0.2) is 72.3 Å². The molecule has 132 valence electrons. The highest BCUT2D eigenvalue weighted by atomic mass is 16.3. The zero-order chi connectivity index (χ0) is 17.4. The normalized spacial score (nSPS) is 18.7. The summed E-state index contributed by atoms with van der Waals surface area (Å²) in [5.74, 6) is 0.518. The fourth-order valence-corrected chi connectivity index (χ4v) is 2.63. The molecule has 0 spiro atoms. The molecule has 2 rings (SSSR count). The predicted molar refractivity (Wildman–Crippen MR) is 94.7 cm³/mol. The number of likely N-dealkylation sites (tertiary alicyclic amines) is 1. The number of hydrogen-bond donors (Lipinski definition) is 2. The summed E-state index contributed by atoms with van der Waals surface area (Å²) in [5, 5.41) is 12.5. The van der Waals surface area contributed by atoms with Crippen molar-refractivity contribution in [1.29, 1.82) is 0 Å². The Hall–Kier alpha value is -1.99. The molecule has 1 aromatic rings. The summed E-state index contributed by atoms with van der Waals surface area (Å²) in [6.07, 6.45) is 9.21. The molecule has 1 aliphatic rings. The molecule has 1 unspecified atom stereocenters. The van der Waals surface area contributed by atoms with Crippen LogP contribution in [0.15, 0.2) is 18.5 Å². The molecule has 2 heterocycles. The van der Waals surface area contributed by atoms with E-state index in [0.717, 1.165) is 44.5 Å². The maximum absolute atomic E-state index is 11.8. The van der Waals surface area contributed by atoms with Crippen LogP contribution in [-0.2, 0) is 4.79 Å². The largest absolute Gasteiger partial charge is 0.392 e. The van der Waals surface area contributed by atoms with Crippen LogP contribution in [0, 0.1) is 0 Å². The van der Waals surface area contributed by atoms with Crippen molar-refractivity contribution in [3.8, 4) is 0 Å². The molecule has 0 saturated carbocycles. The van der Waals surface area contributed by atoms with Crippen LogP contribution in [0.5, 0.6) is 0 Å². The third-order valence-electron chi connectivity index (χ3n) is 3.92. The molecule has 1 amide bonds. The third kappa shape index (κ3) is 6.25. The first-order chi connectivity index (χ1) is 11.5. The van der Waals surface area contributed by atoms with Crippen LogP contribution in [0.2, 0.25) is 0 Å². The first-order valence-corrected chi connectivity index (χ1v) is 8.40. The van der Waals surface area contributed by atoms with E-state index in [1.54, 1.807) is 18.5 Å². The molecular weight excluding hydrogens is 306 g/mol. The molecule has 0 aromatic carbocycles. The molecule has 0 aliphatic carbocycles. The first kappa shape index (κ1) is 18.4. The number of rotatable bonds is 7. The van der Waals surface area contributed by atoms with Crippen molar-refractivity contribution in [2.75, 3.05) is 45.2 Å². The molecule has 7 heteroatoms. The van der Waals surface area contributed by atoms with Gasteiger partial charge >= 0.3 is 0 Å². The number of amides is 1. The molecular formula is C17H27N5O2. The van der Waals surface area contributed by atoms with Crippen molar-refractivity contribution in [3.63, 3.8) is 0 Å². The van der Waals surface area contributed by atoms with Gasteiger partial charge < -0.3 is 20.2 Å². The molecule has 0 radical (unpaired) electrons. The van der Waals surface area contributed by atoms with E-state index in [1.807, 2.05) is 19.0 Å². The van der Waals surface area contributed by atoms with Gasteiger partial charge in [0.05, 0.1) is 6.10 Å². The maximum atomic E-state index is 11.8. The van der Waals surface area contributed by atoms with E-state index in [4.69, 9.17) is 0 Å². The minimum absolute atomic E-state index is 0.120. The van der Waals surface area contributed by atoms with Crippen LogP contribution in [0.25, 0.3) is 6.08 Å². The summed E-state index contributed by atoms with van der Waals surface area (Å²) < 4.78 is 0. The highest BCUT2D eigenvalue weighted by Gasteiger charge is 2.16. The van der Waals surface area contributed by atoms with Gasteiger partial charge in [-0.2, -0.15) is 0 Å². The topological polar surface area (TPSA) is 81.6 Å². The van der Waals surface area contributed by atoms with E-state index < -0.39 is 0 Å². The molecule has 1 aliphatic heterocycles. The van der Waals surface area contributed by atoms with E-state index in [2.05, 4.69) is 20.2 Å². The molecule has 7 nitrogen and oxygen atoms in total. The Kier molecular flexibility index (Phi) is 7.14. The second-order valence-electron chi connectivity index (χ2n) is 6.29. The number of aromatic nitrogens is 2. The van der Waals surface area contributed by atoms with E-state index >= 15 is 0 Å². The zero-order valence-electron chi connectivity index (χ0n) is 14.5. The second kappa shape index (κ2) is 9.34. The van der Waals surface area contributed by atoms with Crippen LogP contribution >= 0.6 is 0 Å². The van der Waals surface area contributed by atoms with Gasteiger partial charge in [-0.05, 0) is 38.4 Å². The molecule has 2 N–H and O–H groups in total. The summed E-state index contributed by atoms with van der Waals surface area (Å²) >= 11 is 0. The first-order valence-electron chi connectivity index (χ1n) is 8.40. The summed E-state index contributed by atoms with van der Waals surface area (Å²) in [4.78, 5) is 24.3. The average Bonchev–Trinajstić information content (AvgIpc) is 2.57. The number of nitrogens with one attached hydrogen (secondary N) is 1. The zero-order valence-corrected chi connectivity index (χ0v) is 14.5. The standard InChI is InChI=1S/C17H27N5O2/c1-21(2)17-19-11-14(12-20-17)6-7-16(24)18-8-4-10-22-9-3-5-15(23)13-22/h6-7,11-12,15,23H,3-5,8-10,13H2,1-2H3,(H,18,24). The molecule has 1 saturated heterocycles. The Bertz CT molecular complexity index is 544. The van der Waals surface area contributed by atoms with E-state index in [-0.39, 0.29) is 12.0 Å². The lowest BCUT2D eigenvalue weighted by molar-refractivity contribution is -0.116. The van der Waals surface area contributed by atoms with Gasteiger partial charge in [0.15, 0.2) is 0 Å². The minimum atomic E-state index is -0.197. The lowest BCUT2D eigenvalue weighted by Crippen LogP contribution is -2.39. The fraction of sp³-hybridized carbons (Fsp3) is 0.588. The number of carbonyl (C=O) groups excluding carboxylic acids is 1. The van der Waals surface area contributed by atoms with Gasteiger partial charge in [-0.25, -0.2) is 9.97 Å². The Morgan fingerprint density at radius 2 is 2.21 bits per heavy atom. The fourth-order valence-electron chi connectivity index (χ4n) is 2.63. The van der Waals surface area contributed by atoms with Crippen molar-refractivity contribution in [2.24, 2.45) is 0 Å². The lowest BCUT2D eigenvalue weighted by Gasteiger charge is -2.29. The van der Waals surface area contributed by atoms with Gasteiger partial charge in [-0.1, -0.05) is 0 Å². The monoisotopic (exact) mass is 333 g/mol. The van der Waals surface area contributed by atoms with E-state index in [9.17, 15) is 9.90 Å². The second-order valence-corrected chi connectivity index (χ2v) is 6.29. The molecule has 0 bridgehead atoms. The third-order valence-corrected chi connectivity index (χ3v) is 3.92. The number of aliphatic hydroxyl groups is 1. The van der Waals surface area contributed by atoms with Crippen molar-refractivity contribution < 1.29 is 9.90 Å². The van der Waals surface area contributed by atoms with Gasteiger partial charge in [0.25, 0.3) is 0 Å². The number of anilines is 1. The molecule has 24 heavy (non-hydrogen) atoms. The van der Waals surface area contributed by atoms with Crippen LogP contribution in [0.3, 0.4) is 0 Å². The smallest absolute Gasteiger partial charge is 0.244 e. The Morgan fingerprint density at radius 1 is 1.46 bits per heavy atom. The highest BCUT2D eigenvalue weighted by molar-refractivity contribution is 5.91. The number of nitrogens with zero attached hydrogens (tertiary/aromatic N) is 4. The number of hydrogen-bond acceptors (Lipinski definition) is 6. The SMILES string of the molecule is CN(C)c1ncc(C=CC(=O)NCCCN2CCCC(O)C2)cn1. The Labute approximate surface area is 143 Å². The summed E-state index contributed by atoms with van der Waals surface area (Å²) in [5.41, 5.74) is 0.790. The maximum Gasteiger partial charge on any atom is 0.244 e. The van der Waals surface area contributed by atoms with Crippen molar-refractivity contribution in [1.82, 2.24) is 20.2 Å². The van der Waals surface area contributed by atoms with Gasteiger partial charge in [0, 0.05) is 51.2 Å². The lowest BCUT2D eigenvalue weighted by atomic mass is 10.1. The molecule has 1 aromatic heterocycles. The summed E-state index contributed by atoms with van der Waals surface area (Å²) in [7, 11) is 3.76. The number of piperidine rings is 1. The number of carbonyl (C=O) groups is 1. The predicted octanol–water partition coefficient (Wildman–Crippen LogP) is 0.519. The van der Waals surface area contributed by atoms with E-state index in [1.165, 1.54) is 6.08 Å².